The maximum atomic E-state index is 8.83. The van der Waals surface area contributed by atoms with Gasteiger partial charge in [0.15, 0.2) is 0 Å². The lowest BCUT2D eigenvalue weighted by Crippen LogP contribution is -2.37. The molecule has 2 N–H and O–H groups in total. The second kappa shape index (κ2) is 3.75. The van der Waals surface area contributed by atoms with E-state index >= 15 is 0 Å². The lowest BCUT2D eigenvalue weighted by atomic mass is 9.69. The molecule has 2 rings (SSSR count). The molecule has 0 aliphatic heterocycles. The molecule has 1 unspecified atom stereocenters. The Morgan fingerprint density at radius 2 is 1.67 bits per heavy atom. The van der Waals surface area contributed by atoms with Crippen molar-refractivity contribution >= 4 is 0 Å². The molecule has 0 aromatic carbocycles. The van der Waals surface area contributed by atoms with Gasteiger partial charge in [0.1, 0.15) is 0 Å². The van der Waals surface area contributed by atoms with Gasteiger partial charge >= 0.3 is 0 Å². The second-order valence-electron chi connectivity index (χ2n) is 4.44. The molecular weight excluding hydrogens is 150 g/mol. The summed E-state index contributed by atoms with van der Waals surface area (Å²) in [6.07, 6.45) is 9.44. The predicted molar refractivity (Wildman–Crippen MR) is 48.0 cm³/mol. The number of hydrogen-bond acceptors (Lipinski definition) is 2. The summed E-state index contributed by atoms with van der Waals surface area (Å²) in [4.78, 5) is 0. The molecule has 2 fully saturated rings. The van der Waals surface area contributed by atoms with Crippen molar-refractivity contribution in [1.82, 2.24) is 5.48 Å². The van der Waals surface area contributed by atoms with Crippen LogP contribution < -0.4 is 5.48 Å². The molecule has 0 amide bonds. The van der Waals surface area contributed by atoms with Gasteiger partial charge in [0.05, 0.1) is 0 Å². The van der Waals surface area contributed by atoms with Crippen LogP contribution in [0, 0.1) is 11.8 Å². The quantitative estimate of drug-likeness (QED) is 0.590. The zero-order valence-electron chi connectivity index (χ0n) is 7.63. The van der Waals surface area contributed by atoms with Crippen molar-refractivity contribution in [3.8, 4) is 0 Å². The van der Waals surface area contributed by atoms with E-state index in [9.17, 15) is 0 Å². The Kier molecular flexibility index (Phi) is 2.66. The molecule has 2 nitrogen and oxygen atoms in total. The number of hydrogen-bond donors (Lipinski definition) is 2. The average Bonchev–Trinajstić information content (AvgIpc) is 2.17. The number of rotatable bonds is 1. The van der Waals surface area contributed by atoms with E-state index in [4.69, 9.17) is 5.21 Å². The first-order valence-electron chi connectivity index (χ1n) is 5.30. The highest BCUT2D eigenvalue weighted by atomic mass is 16.5. The maximum absolute atomic E-state index is 8.83. The third kappa shape index (κ3) is 1.64. The summed E-state index contributed by atoms with van der Waals surface area (Å²) in [5, 5.41) is 8.83. The van der Waals surface area contributed by atoms with Gasteiger partial charge in [-0.05, 0) is 31.1 Å². The van der Waals surface area contributed by atoms with E-state index in [0.717, 1.165) is 11.8 Å². The van der Waals surface area contributed by atoms with Crippen LogP contribution in [0.2, 0.25) is 0 Å². The van der Waals surface area contributed by atoms with Crippen molar-refractivity contribution in [3.63, 3.8) is 0 Å². The second-order valence-corrected chi connectivity index (χ2v) is 4.44. The highest BCUT2D eigenvalue weighted by Crippen LogP contribution is 2.40. The van der Waals surface area contributed by atoms with Crippen molar-refractivity contribution < 1.29 is 5.21 Å². The van der Waals surface area contributed by atoms with Gasteiger partial charge in [-0.3, -0.25) is 0 Å². The molecule has 2 aliphatic rings. The lowest BCUT2D eigenvalue weighted by Gasteiger charge is -2.38. The van der Waals surface area contributed by atoms with Crippen LogP contribution in [0.25, 0.3) is 0 Å². The van der Waals surface area contributed by atoms with E-state index < -0.39 is 0 Å². The summed E-state index contributed by atoms with van der Waals surface area (Å²) < 4.78 is 0. The van der Waals surface area contributed by atoms with Gasteiger partial charge < -0.3 is 5.21 Å². The maximum Gasteiger partial charge on any atom is 0.0322 e. The van der Waals surface area contributed by atoms with Gasteiger partial charge in [0.25, 0.3) is 0 Å². The Bertz CT molecular complexity index is 149. The molecule has 12 heavy (non-hydrogen) atoms. The third-order valence-electron chi connectivity index (χ3n) is 3.72. The van der Waals surface area contributed by atoms with Crippen LogP contribution in [0.5, 0.6) is 0 Å². The minimum absolute atomic E-state index is 0.393. The average molecular weight is 169 g/mol. The Morgan fingerprint density at radius 3 is 2.42 bits per heavy atom. The van der Waals surface area contributed by atoms with E-state index in [0.29, 0.717) is 6.04 Å². The van der Waals surface area contributed by atoms with E-state index in [2.05, 4.69) is 5.48 Å². The summed E-state index contributed by atoms with van der Waals surface area (Å²) in [5.74, 6) is 1.90. The fourth-order valence-corrected chi connectivity index (χ4v) is 2.99. The molecule has 2 saturated carbocycles. The number of hydroxylamine groups is 1. The Hall–Kier alpha value is -0.0800. The largest absolute Gasteiger partial charge is 0.317 e. The Balaban J connectivity index is 1.90. The minimum atomic E-state index is 0.393. The van der Waals surface area contributed by atoms with Crippen LogP contribution in [0.4, 0.5) is 0 Å². The van der Waals surface area contributed by atoms with Crippen LogP contribution >= 0.6 is 0 Å². The fourth-order valence-electron chi connectivity index (χ4n) is 2.99. The van der Waals surface area contributed by atoms with Crippen molar-refractivity contribution in [1.29, 1.82) is 0 Å². The molecule has 3 atom stereocenters. The van der Waals surface area contributed by atoms with Gasteiger partial charge in [0.2, 0.25) is 0 Å². The summed E-state index contributed by atoms with van der Waals surface area (Å²) in [6, 6.07) is 0.393. The van der Waals surface area contributed by atoms with Crippen LogP contribution in [-0.2, 0) is 0 Å². The number of nitrogens with one attached hydrogen (secondary N) is 1. The first kappa shape index (κ1) is 8.52. The highest BCUT2D eigenvalue weighted by molar-refractivity contribution is 4.84. The van der Waals surface area contributed by atoms with Crippen LogP contribution in [-0.4, -0.2) is 11.2 Å². The third-order valence-corrected chi connectivity index (χ3v) is 3.72. The molecule has 0 heterocycles. The number of fused-ring (bicyclic) bond motifs is 1. The first-order valence-corrected chi connectivity index (χ1v) is 5.30. The molecule has 0 saturated heterocycles. The molecular formula is C10H19NO. The molecule has 0 aromatic rings. The summed E-state index contributed by atoms with van der Waals surface area (Å²) in [5.41, 5.74) is 2.44. The minimum Gasteiger partial charge on any atom is -0.317 e. The van der Waals surface area contributed by atoms with Crippen molar-refractivity contribution in [2.75, 3.05) is 0 Å². The Labute approximate surface area is 74.3 Å². The van der Waals surface area contributed by atoms with E-state index in [1.807, 2.05) is 0 Å². The van der Waals surface area contributed by atoms with Gasteiger partial charge in [-0.2, -0.15) is 0 Å². The predicted octanol–water partition coefficient (Wildman–Crippen LogP) is 2.32. The molecule has 2 aliphatic carbocycles. The highest BCUT2D eigenvalue weighted by Gasteiger charge is 2.31. The summed E-state index contributed by atoms with van der Waals surface area (Å²) in [7, 11) is 0. The monoisotopic (exact) mass is 169 g/mol. The van der Waals surface area contributed by atoms with Crippen LogP contribution in [0.15, 0.2) is 0 Å². The molecule has 0 radical (unpaired) electrons. The lowest BCUT2D eigenvalue weighted by molar-refractivity contribution is 0.0599. The molecule has 2 heteroatoms. The first-order chi connectivity index (χ1) is 5.90. The van der Waals surface area contributed by atoms with Crippen molar-refractivity contribution in [3.05, 3.63) is 0 Å². The Morgan fingerprint density at radius 1 is 0.917 bits per heavy atom. The van der Waals surface area contributed by atoms with E-state index in [1.165, 1.54) is 44.9 Å². The zero-order valence-corrected chi connectivity index (χ0v) is 7.63. The van der Waals surface area contributed by atoms with Crippen LogP contribution in [0.1, 0.15) is 44.9 Å². The summed E-state index contributed by atoms with van der Waals surface area (Å²) >= 11 is 0. The molecule has 70 valence electrons. The van der Waals surface area contributed by atoms with Gasteiger partial charge in [-0.15, -0.1) is 0 Å². The topological polar surface area (TPSA) is 32.3 Å². The summed E-state index contributed by atoms with van der Waals surface area (Å²) in [6.45, 7) is 0. The molecule has 0 bridgehead atoms. The van der Waals surface area contributed by atoms with Gasteiger partial charge in [0, 0.05) is 6.04 Å². The van der Waals surface area contributed by atoms with Crippen LogP contribution in [0.3, 0.4) is 0 Å². The smallest absolute Gasteiger partial charge is 0.0322 e. The fraction of sp³-hybridized carbons (Fsp3) is 1.00. The van der Waals surface area contributed by atoms with Crippen molar-refractivity contribution in [2.24, 2.45) is 11.8 Å². The molecule has 0 aromatic heterocycles. The SMILES string of the molecule is ONC1CC[C@@H]2CCCC[C@@H]2C1. The van der Waals surface area contributed by atoms with Gasteiger partial charge in [-0.25, -0.2) is 5.48 Å². The van der Waals surface area contributed by atoms with E-state index in [-0.39, 0.29) is 0 Å². The standard InChI is InChI=1S/C10H19NO/c12-11-10-6-5-8-3-1-2-4-9(8)7-10/h8-12H,1-7H2/t8-,9+,10?/m0/s1. The van der Waals surface area contributed by atoms with E-state index in [1.54, 1.807) is 0 Å². The molecule has 0 spiro atoms. The normalized spacial score (nSPS) is 42.2. The van der Waals surface area contributed by atoms with Crippen molar-refractivity contribution in [2.45, 2.75) is 51.0 Å². The zero-order chi connectivity index (χ0) is 8.39. The van der Waals surface area contributed by atoms with Gasteiger partial charge in [-0.1, -0.05) is 25.7 Å².